The number of para-hydroxylation sites is 1. The molecule has 1 aromatic heterocycles. The van der Waals surface area contributed by atoms with Crippen molar-refractivity contribution in [3.05, 3.63) is 59.9 Å². The van der Waals surface area contributed by atoms with Crippen molar-refractivity contribution in [2.45, 2.75) is 31.9 Å². The van der Waals surface area contributed by atoms with Gasteiger partial charge in [0.25, 0.3) is 5.91 Å². The van der Waals surface area contributed by atoms with Crippen molar-refractivity contribution in [3.63, 3.8) is 0 Å². The van der Waals surface area contributed by atoms with Gasteiger partial charge in [0.05, 0.1) is 11.6 Å². The molecule has 0 radical (unpaired) electrons. The summed E-state index contributed by atoms with van der Waals surface area (Å²) in [6.07, 6.45) is 4.01. The first-order valence-corrected chi connectivity index (χ1v) is 9.42. The van der Waals surface area contributed by atoms with Crippen LogP contribution in [0.1, 0.15) is 42.2 Å². The van der Waals surface area contributed by atoms with Gasteiger partial charge in [-0.25, -0.2) is 0 Å². The maximum absolute atomic E-state index is 12.0. The Morgan fingerprint density at radius 1 is 1.21 bits per heavy atom. The molecule has 1 aromatic carbocycles. The number of nitrogens with zero attached hydrogens (tertiary/aromatic N) is 2. The molecule has 1 aliphatic rings. The van der Waals surface area contributed by atoms with Gasteiger partial charge in [-0.15, -0.1) is 0 Å². The van der Waals surface area contributed by atoms with Crippen LogP contribution in [0, 0.1) is 0 Å². The van der Waals surface area contributed by atoms with Crippen LogP contribution in [0.5, 0.6) is 5.75 Å². The molecule has 0 aliphatic carbocycles. The zero-order valence-electron chi connectivity index (χ0n) is 16.5. The molecule has 2 aromatic rings. The van der Waals surface area contributed by atoms with E-state index < -0.39 is 0 Å². The quantitative estimate of drug-likeness (QED) is 0.420. The van der Waals surface area contributed by atoms with E-state index in [0.29, 0.717) is 24.6 Å². The zero-order chi connectivity index (χ0) is 20.0. The van der Waals surface area contributed by atoms with Crippen LogP contribution in [0.3, 0.4) is 0 Å². The molecular weight excluding hydrogens is 354 g/mol. The van der Waals surface area contributed by atoms with Crippen molar-refractivity contribution < 1.29 is 9.53 Å². The van der Waals surface area contributed by atoms with Gasteiger partial charge < -0.3 is 20.7 Å². The van der Waals surface area contributed by atoms with Gasteiger partial charge in [-0.3, -0.25) is 14.8 Å². The lowest BCUT2D eigenvalue weighted by molar-refractivity contribution is 0.0694. The van der Waals surface area contributed by atoms with E-state index in [2.05, 4.69) is 45.8 Å². The molecule has 28 heavy (non-hydrogen) atoms. The van der Waals surface area contributed by atoms with E-state index in [1.807, 2.05) is 18.2 Å². The Bertz CT molecular complexity index is 836. The fraction of sp³-hybridized carbons (Fsp3) is 0.381. The minimum absolute atomic E-state index is 0.0936. The first kappa shape index (κ1) is 19.7. The summed E-state index contributed by atoms with van der Waals surface area (Å²) >= 11 is 0. The summed E-state index contributed by atoms with van der Waals surface area (Å²) in [7, 11) is 1.74. The van der Waals surface area contributed by atoms with E-state index in [0.717, 1.165) is 17.7 Å². The topological polar surface area (TPSA) is 87.6 Å². The largest absolute Gasteiger partial charge is 0.487 e. The Morgan fingerprint density at radius 2 is 2.00 bits per heavy atom. The second-order valence-electron chi connectivity index (χ2n) is 7.30. The Hall–Kier alpha value is -3.09. The monoisotopic (exact) mass is 381 g/mol. The standard InChI is InChI=1S/C21H27N5O2/c1-21(2)13-17(16-8-4-5-9-18(16)28-21)26-20(22-3)25-12-11-24-19(27)15-7-6-10-23-14-15/h4-10,14,17H,11-13H2,1-3H3,(H,24,27)(H2,22,25,26). The lowest BCUT2D eigenvalue weighted by atomic mass is 9.90. The van der Waals surface area contributed by atoms with Crippen molar-refractivity contribution in [2.75, 3.05) is 20.1 Å². The number of rotatable bonds is 5. The van der Waals surface area contributed by atoms with Gasteiger partial charge in [0.2, 0.25) is 0 Å². The molecule has 1 unspecified atom stereocenters. The third kappa shape index (κ3) is 5.00. The van der Waals surface area contributed by atoms with E-state index in [1.54, 1.807) is 31.6 Å². The molecule has 0 spiro atoms. The summed E-state index contributed by atoms with van der Waals surface area (Å²) in [5.74, 6) is 1.45. The van der Waals surface area contributed by atoms with Gasteiger partial charge in [0.15, 0.2) is 5.96 Å². The molecule has 2 heterocycles. The molecular formula is C21H27N5O2. The Kier molecular flexibility index (Phi) is 6.13. The molecule has 1 aliphatic heterocycles. The Morgan fingerprint density at radius 3 is 2.75 bits per heavy atom. The molecule has 1 atom stereocenters. The second-order valence-corrected chi connectivity index (χ2v) is 7.30. The molecule has 3 N–H and O–H groups in total. The number of fused-ring (bicyclic) bond motifs is 1. The summed E-state index contributed by atoms with van der Waals surface area (Å²) in [4.78, 5) is 20.3. The highest BCUT2D eigenvalue weighted by molar-refractivity contribution is 5.93. The van der Waals surface area contributed by atoms with Crippen LogP contribution in [0.15, 0.2) is 53.8 Å². The molecule has 1 amide bonds. The number of nitrogens with one attached hydrogen (secondary N) is 3. The van der Waals surface area contributed by atoms with Crippen LogP contribution in [0.2, 0.25) is 0 Å². The van der Waals surface area contributed by atoms with Crippen molar-refractivity contribution in [2.24, 2.45) is 4.99 Å². The molecule has 0 bridgehead atoms. The normalized spacial score (nSPS) is 17.8. The number of hydrogen-bond donors (Lipinski definition) is 3. The van der Waals surface area contributed by atoms with E-state index in [-0.39, 0.29) is 17.6 Å². The van der Waals surface area contributed by atoms with E-state index in [4.69, 9.17) is 4.74 Å². The fourth-order valence-electron chi connectivity index (χ4n) is 3.25. The minimum Gasteiger partial charge on any atom is -0.487 e. The summed E-state index contributed by atoms with van der Waals surface area (Å²) in [6, 6.07) is 11.6. The second kappa shape index (κ2) is 8.73. The van der Waals surface area contributed by atoms with Gasteiger partial charge in [0.1, 0.15) is 11.4 Å². The van der Waals surface area contributed by atoms with E-state index >= 15 is 0 Å². The number of benzene rings is 1. The third-order valence-corrected chi connectivity index (χ3v) is 4.54. The predicted octanol–water partition coefficient (Wildman–Crippen LogP) is 2.28. The van der Waals surface area contributed by atoms with Gasteiger partial charge >= 0.3 is 0 Å². The minimum atomic E-state index is -0.261. The number of aliphatic imine (C=N–C) groups is 1. The maximum atomic E-state index is 12.0. The van der Waals surface area contributed by atoms with Crippen LogP contribution in [-0.4, -0.2) is 42.6 Å². The SMILES string of the molecule is CN=C(NCCNC(=O)c1cccnc1)NC1CC(C)(C)Oc2ccccc21. The van der Waals surface area contributed by atoms with E-state index in [1.165, 1.54) is 0 Å². The van der Waals surface area contributed by atoms with Crippen molar-refractivity contribution in [3.8, 4) is 5.75 Å². The van der Waals surface area contributed by atoms with Crippen molar-refractivity contribution >= 4 is 11.9 Å². The average molecular weight is 381 g/mol. The summed E-state index contributed by atoms with van der Waals surface area (Å²) in [5.41, 5.74) is 1.41. The number of amides is 1. The van der Waals surface area contributed by atoms with Crippen LogP contribution < -0.4 is 20.7 Å². The van der Waals surface area contributed by atoms with Crippen LogP contribution in [-0.2, 0) is 0 Å². The summed E-state index contributed by atoms with van der Waals surface area (Å²) in [6.45, 7) is 5.20. The summed E-state index contributed by atoms with van der Waals surface area (Å²) < 4.78 is 6.08. The number of guanidine groups is 1. The third-order valence-electron chi connectivity index (χ3n) is 4.54. The summed E-state index contributed by atoms with van der Waals surface area (Å²) in [5, 5.41) is 9.59. The Labute approximate surface area is 165 Å². The number of pyridine rings is 1. The molecule has 0 fully saturated rings. The molecule has 0 saturated carbocycles. The zero-order valence-corrected chi connectivity index (χ0v) is 16.5. The van der Waals surface area contributed by atoms with Gasteiger partial charge in [-0.05, 0) is 32.0 Å². The number of carbonyl (C=O) groups excluding carboxylic acids is 1. The smallest absolute Gasteiger partial charge is 0.252 e. The first-order chi connectivity index (χ1) is 13.5. The molecule has 7 nitrogen and oxygen atoms in total. The number of carbonyl (C=O) groups is 1. The maximum Gasteiger partial charge on any atom is 0.252 e. The number of ether oxygens (including phenoxy) is 1. The number of hydrogen-bond acceptors (Lipinski definition) is 4. The molecule has 7 heteroatoms. The van der Waals surface area contributed by atoms with Gasteiger partial charge in [0, 0.05) is 44.5 Å². The van der Waals surface area contributed by atoms with Crippen LogP contribution >= 0.6 is 0 Å². The highest BCUT2D eigenvalue weighted by Crippen LogP contribution is 2.39. The Balaban J connectivity index is 1.53. The van der Waals surface area contributed by atoms with Crippen LogP contribution in [0.25, 0.3) is 0 Å². The predicted molar refractivity (Wildman–Crippen MR) is 110 cm³/mol. The lowest BCUT2D eigenvalue weighted by Gasteiger charge is -2.38. The molecule has 3 rings (SSSR count). The van der Waals surface area contributed by atoms with Gasteiger partial charge in [-0.2, -0.15) is 0 Å². The lowest BCUT2D eigenvalue weighted by Crippen LogP contribution is -2.46. The molecule has 148 valence electrons. The average Bonchev–Trinajstić information content (AvgIpc) is 2.69. The number of aromatic nitrogens is 1. The van der Waals surface area contributed by atoms with E-state index in [9.17, 15) is 4.79 Å². The highest BCUT2D eigenvalue weighted by Gasteiger charge is 2.33. The highest BCUT2D eigenvalue weighted by atomic mass is 16.5. The molecule has 0 saturated heterocycles. The van der Waals surface area contributed by atoms with Crippen molar-refractivity contribution in [1.82, 2.24) is 20.9 Å². The fourth-order valence-corrected chi connectivity index (χ4v) is 3.25. The van der Waals surface area contributed by atoms with Crippen molar-refractivity contribution in [1.29, 1.82) is 0 Å². The van der Waals surface area contributed by atoms with Gasteiger partial charge in [-0.1, -0.05) is 18.2 Å². The van der Waals surface area contributed by atoms with Crippen LogP contribution in [0.4, 0.5) is 0 Å². The first-order valence-electron chi connectivity index (χ1n) is 9.42.